The molecule has 1 saturated carbocycles. The second-order valence-corrected chi connectivity index (χ2v) is 6.40. The molecule has 0 aromatic carbocycles. The van der Waals surface area contributed by atoms with E-state index in [0.717, 1.165) is 6.54 Å². The van der Waals surface area contributed by atoms with Gasteiger partial charge in [0.25, 0.3) is 0 Å². The topological polar surface area (TPSA) is 12.0 Å². The van der Waals surface area contributed by atoms with Gasteiger partial charge in [0.15, 0.2) is 0 Å². The van der Waals surface area contributed by atoms with E-state index in [9.17, 15) is 0 Å². The summed E-state index contributed by atoms with van der Waals surface area (Å²) in [4.78, 5) is 0. The highest BCUT2D eigenvalue weighted by atomic mass is 14.9. The Morgan fingerprint density at radius 1 is 1.18 bits per heavy atom. The van der Waals surface area contributed by atoms with Crippen LogP contribution in [0.15, 0.2) is 22.3 Å². The fourth-order valence-corrected chi connectivity index (χ4v) is 1.92. The molecule has 1 rings (SSSR count). The third-order valence-corrected chi connectivity index (χ3v) is 3.55. The predicted molar refractivity (Wildman–Crippen MR) is 77.3 cm³/mol. The number of hydrogen-bond acceptors (Lipinski definition) is 1. The van der Waals surface area contributed by atoms with Gasteiger partial charge in [-0.15, -0.1) is 0 Å². The fraction of sp³-hybridized carbons (Fsp3) is 0.750. The van der Waals surface area contributed by atoms with Crippen LogP contribution in [-0.2, 0) is 0 Å². The van der Waals surface area contributed by atoms with Crippen molar-refractivity contribution in [2.24, 2.45) is 0 Å². The summed E-state index contributed by atoms with van der Waals surface area (Å²) in [6.07, 6.45) is 5.04. The van der Waals surface area contributed by atoms with Gasteiger partial charge in [-0.25, -0.2) is 0 Å². The second-order valence-electron chi connectivity index (χ2n) is 6.40. The van der Waals surface area contributed by atoms with Crippen molar-refractivity contribution < 1.29 is 0 Å². The molecule has 0 aromatic heterocycles. The van der Waals surface area contributed by atoms with Crippen molar-refractivity contribution in [3.8, 4) is 0 Å². The van der Waals surface area contributed by atoms with Crippen LogP contribution in [0, 0.1) is 0 Å². The molecule has 1 fully saturated rings. The highest BCUT2D eigenvalue weighted by Gasteiger charge is 2.17. The standard InChI is InChI=1S/C16H29N/c1-7-12(2)15(11-17-16(4,5)6)10-13(3)14-8-9-14/h17H,7-11H2,1-6H3. The summed E-state index contributed by atoms with van der Waals surface area (Å²) >= 11 is 0. The molecule has 1 N–H and O–H groups in total. The van der Waals surface area contributed by atoms with E-state index in [2.05, 4.69) is 46.9 Å². The van der Waals surface area contributed by atoms with Gasteiger partial charge in [-0.3, -0.25) is 0 Å². The van der Waals surface area contributed by atoms with Crippen molar-refractivity contribution >= 4 is 0 Å². The number of allylic oxidation sites excluding steroid dienone is 3. The first-order valence-corrected chi connectivity index (χ1v) is 6.93. The van der Waals surface area contributed by atoms with Crippen molar-refractivity contribution in [3.63, 3.8) is 0 Å². The third kappa shape index (κ3) is 5.54. The van der Waals surface area contributed by atoms with Crippen LogP contribution in [0.1, 0.15) is 67.2 Å². The maximum Gasteiger partial charge on any atom is 0.0175 e. The Balaban J connectivity index is 2.65. The van der Waals surface area contributed by atoms with Crippen LogP contribution in [0.3, 0.4) is 0 Å². The van der Waals surface area contributed by atoms with E-state index >= 15 is 0 Å². The first-order chi connectivity index (χ1) is 7.83. The second kappa shape index (κ2) is 5.86. The summed E-state index contributed by atoms with van der Waals surface area (Å²) in [6.45, 7) is 14.6. The summed E-state index contributed by atoms with van der Waals surface area (Å²) in [6, 6.07) is 0. The van der Waals surface area contributed by atoms with E-state index in [1.165, 1.54) is 25.7 Å². The van der Waals surface area contributed by atoms with Gasteiger partial charge in [0.2, 0.25) is 0 Å². The van der Waals surface area contributed by atoms with Crippen molar-refractivity contribution in [2.75, 3.05) is 6.54 Å². The summed E-state index contributed by atoms with van der Waals surface area (Å²) in [7, 11) is 0. The Bertz CT molecular complexity index is 320. The molecule has 0 amide bonds. The molecule has 1 nitrogen and oxygen atoms in total. The van der Waals surface area contributed by atoms with Gasteiger partial charge in [-0.1, -0.05) is 29.2 Å². The van der Waals surface area contributed by atoms with Gasteiger partial charge in [0.1, 0.15) is 0 Å². The molecule has 0 aliphatic heterocycles. The number of rotatable bonds is 5. The van der Waals surface area contributed by atoms with Gasteiger partial charge in [-0.05, 0) is 60.3 Å². The van der Waals surface area contributed by atoms with E-state index in [0.29, 0.717) is 0 Å². The molecule has 0 bridgehead atoms. The van der Waals surface area contributed by atoms with Crippen LogP contribution in [0.2, 0.25) is 0 Å². The van der Waals surface area contributed by atoms with Gasteiger partial charge < -0.3 is 5.32 Å². The Labute approximate surface area is 107 Å². The Hall–Kier alpha value is -0.560. The highest BCUT2D eigenvalue weighted by Crippen LogP contribution is 2.34. The van der Waals surface area contributed by atoms with Crippen molar-refractivity contribution in [1.82, 2.24) is 5.32 Å². The average molecular weight is 235 g/mol. The van der Waals surface area contributed by atoms with Crippen LogP contribution >= 0.6 is 0 Å². The maximum absolute atomic E-state index is 3.62. The maximum atomic E-state index is 3.62. The largest absolute Gasteiger partial charge is 0.308 e. The average Bonchev–Trinajstić information content (AvgIpc) is 3.04. The first kappa shape index (κ1) is 14.5. The summed E-state index contributed by atoms with van der Waals surface area (Å²) in [5.74, 6) is 0. The smallest absolute Gasteiger partial charge is 0.0175 e. The molecule has 0 unspecified atom stereocenters. The van der Waals surface area contributed by atoms with Crippen LogP contribution in [0.4, 0.5) is 0 Å². The fourth-order valence-electron chi connectivity index (χ4n) is 1.92. The molecule has 0 spiro atoms. The van der Waals surface area contributed by atoms with E-state index in [1.807, 2.05) is 0 Å². The van der Waals surface area contributed by atoms with Gasteiger partial charge in [0.05, 0.1) is 0 Å². The lowest BCUT2D eigenvalue weighted by Gasteiger charge is -2.23. The zero-order chi connectivity index (χ0) is 13.1. The van der Waals surface area contributed by atoms with Gasteiger partial charge in [-0.2, -0.15) is 0 Å². The Morgan fingerprint density at radius 2 is 1.76 bits per heavy atom. The van der Waals surface area contributed by atoms with Gasteiger partial charge >= 0.3 is 0 Å². The third-order valence-electron chi connectivity index (χ3n) is 3.55. The van der Waals surface area contributed by atoms with Crippen LogP contribution in [-0.4, -0.2) is 12.1 Å². The molecule has 0 radical (unpaired) electrons. The zero-order valence-corrected chi connectivity index (χ0v) is 12.5. The molecule has 0 heterocycles. The molecular formula is C16H29N. The Kier molecular flexibility index (Phi) is 5.00. The highest BCUT2D eigenvalue weighted by molar-refractivity contribution is 5.29. The molecule has 98 valence electrons. The SMILES string of the molecule is CCC(C)=C(CNC(C)(C)C)CC(C)=C1CC1. The minimum atomic E-state index is 0.208. The minimum Gasteiger partial charge on any atom is -0.308 e. The van der Waals surface area contributed by atoms with E-state index < -0.39 is 0 Å². The molecule has 1 heteroatoms. The molecule has 1 aliphatic rings. The first-order valence-electron chi connectivity index (χ1n) is 6.93. The Morgan fingerprint density at radius 3 is 2.18 bits per heavy atom. The van der Waals surface area contributed by atoms with Crippen LogP contribution in [0.25, 0.3) is 0 Å². The van der Waals surface area contributed by atoms with Crippen LogP contribution in [0.5, 0.6) is 0 Å². The van der Waals surface area contributed by atoms with E-state index in [1.54, 1.807) is 22.3 Å². The monoisotopic (exact) mass is 235 g/mol. The predicted octanol–water partition coefficient (Wildman–Crippen LogP) is 4.60. The number of nitrogens with one attached hydrogen (secondary N) is 1. The molecule has 0 atom stereocenters. The number of hydrogen-bond donors (Lipinski definition) is 1. The minimum absolute atomic E-state index is 0.208. The lowest BCUT2D eigenvalue weighted by molar-refractivity contribution is 0.442. The quantitative estimate of drug-likeness (QED) is 0.687. The lowest BCUT2D eigenvalue weighted by atomic mass is 9.98. The van der Waals surface area contributed by atoms with Crippen molar-refractivity contribution in [1.29, 1.82) is 0 Å². The zero-order valence-electron chi connectivity index (χ0n) is 12.5. The van der Waals surface area contributed by atoms with E-state index in [-0.39, 0.29) is 5.54 Å². The summed E-state index contributed by atoms with van der Waals surface area (Å²) in [5.41, 5.74) is 6.67. The van der Waals surface area contributed by atoms with E-state index in [4.69, 9.17) is 0 Å². The molecular weight excluding hydrogens is 206 g/mol. The molecule has 0 aromatic rings. The lowest BCUT2D eigenvalue weighted by Crippen LogP contribution is -2.37. The molecule has 17 heavy (non-hydrogen) atoms. The van der Waals surface area contributed by atoms with Gasteiger partial charge in [0, 0.05) is 12.1 Å². The molecule has 1 aliphatic carbocycles. The van der Waals surface area contributed by atoms with Crippen molar-refractivity contribution in [3.05, 3.63) is 22.3 Å². The normalized spacial score (nSPS) is 16.9. The van der Waals surface area contributed by atoms with Crippen LogP contribution < -0.4 is 5.32 Å². The molecule has 0 saturated heterocycles. The summed E-state index contributed by atoms with van der Waals surface area (Å²) in [5, 5.41) is 3.62. The van der Waals surface area contributed by atoms with Crippen molar-refractivity contribution in [2.45, 2.75) is 72.8 Å². The summed E-state index contributed by atoms with van der Waals surface area (Å²) < 4.78 is 0.